The molecule has 0 amide bonds. The molecule has 1 N–H and O–H groups in total. The van der Waals surface area contributed by atoms with Crippen molar-refractivity contribution in [2.75, 3.05) is 0 Å². The van der Waals surface area contributed by atoms with Crippen molar-refractivity contribution in [1.82, 2.24) is 0 Å². The van der Waals surface area contributed by atoms with Crippen LogP contribution in [0.25, 0.3) is 6.08 Å². The highest BCUT2D eigenvalue weighted by Gasteiger charge is 2.03. The summed E-state index contributed by atoms with van der Waals surface area (Å²) in [5.74, 6) is -0.940. The molecular formula is C12H11NO2. The Morgan fingerprint density at radius 1 is 1.60 bits per heavy atom. The minimum absolute atomic E-state index is 0.261. The average molecular weight is 201 g/mol. The van der Waals surface area contributed by atoms with Gasteiger partial charge in [0.15, 0.2) is 0 Å². The number of aromatic carboxylic acids is 1. The van der Waals surface area contributed by atoms with E-state index in [1.165, 1.54) is 0 Å². The standard InChI is InChI=1S/C12H11NO2/c1-9-5-6-11(12(14)15)8-10(9)4-2-3-7-13/h2,4-6,8H,3H2,1H3,(H,14,15). The highest BCUT2D eigenvalue weighted by molar-refractivity contribution is 5.88. The fraction of sp³-hybridized carbons (Fsp3) is 0.167. The van der Waals surface area contributed by atoms with Gasteiger partial charge in [-0.3, -0.25) is 0 Å². The number of aryl methyl sites for hydroxylation is 1. The number of nitriles is 1. The first-order chi connectivity index (χ1) is 7.15. The molecule has 76 valence electrons. The molecule has 0 unspecified atom stereocenters. The summed E-state index contributed by atoms with van der Waals surface area (Å²) in [6.45, 7) is 1.90. The van der Waals surface area contributed by atoms with E-state index in [2.05, 4.69) is 0 Å². The van der Waals surface area contributed by atoms with E-state index in [1.54, 1.807) is 30.4 Å². The Morgan fingerprint density at radius 3 is 2.93 bits per heavy atom. The predicted molar refractivity (Wildman–Crippen MR) is 57.4 cm³/mol. The molecular weight excluding hydrogens is 190 g/mol. The number of allylic oxidation sites excluding steroid dienone is 1. The van der Waals surface area contributed by atoms with Gasteiger partial charge in [0, 0.05) is 0 Å². The first-order valence-electron chi connectivity index (χ1n) is 4.52. The van der Waals surface area contributed by atoms with Crippen LogP contribution in [0, 0.1) is 18.3 Å². The summed E-state index contributed by atoms with van der Waals surface area (Å²) in [7, 11) is 0. The largest absolute Gasteiger partial charge is 0.478 e. The van der Waals surface area contributed by atoms with E-state index < -0.39 is 5.97 Å². The van der Waals surface area contributed by atoms with Crippen LogP contribution in [0.4, 0.5) is 0 Å². The molecule has 3 nitrogen and oxygen atoms in total. The number of hydrogen-bond donors (Lipinski definition) is 1. The molecule has 1 rings (SSSR count). The van der Waals surface area contributed by atoms with Crippen LogP contribution in [0.1, 0.15) is 27.9 Å². The van der Waals surface area contributed by atoms with Gasteiger partial charge < -0.3 is 5.11 Å². The molecule has 0 aromatic heterocycles. The summed E-state index contributed by atoms with van der Waals surface area (Å²) >= 11 is 0. The van der Waals surface area contributed by atoms with Gasteiger partial charge in [-0.15, -0.1) is 0 Å². The molecule has 0 radical (unpaired) electrons. The minimum Gasteiger partial charge on any atom is -0.478 e. The molecule has 0 saturated heterocycles. The van der Waals surface area contributed by atoms with Crippen molar-refractivity contribution < 1.29 is 9.90 Å². The third-order valence-electron chi connectivity index (χ3n) is 2.03. The SMILES string of the molecule is Cc1ccc(C(=O)O)cc1C=CCC#N. The monoisotopic (exact) mass is 201 g/mol. The number of carboxylic acids is 1. The van der Waals surface area contributed by atoms with Gasteiger partial charge >= 0.3 is 5.97 Å². The van der Waals surface area contributed by atoms with Gasteiger partial charge in [-0.1, -0.05) is 18.2 Å². The molecule has 15 heavy (non-hydrogen) atoms. The van der Waals surface area contributed by atoms with Crippen molar-refractivity contribution in [3.63, 3.8) is 0 Å². The molecule has 0 heterocycles. The predicted octanol–water partition coefficient (Wildman–Crippen LogP) is 2.62. The zero-order valence-electron chi connectivity index (χ0n) is 8.40. The van der Waals surface area contributed by atoms with Crippen LogP contribution in [0.15, 0.2) is 24.3 Å². The van der Waals surface area contributed by atoms with E-state index in [-0.39, 0.29) is 5.56 Å². The summed E-state index contributed by atoms with van der Waals surface area (Å²) in [5, 5.41) is 17.2. The molecule has 3 heteroatoms. The molecule has 0 aliphatic rings. The number of carbonyl (C=O) groups is 1. The lowest BCUT2D eigenvalue weighted by Gasteiger charge is -2.01. The highest BCUT2D eigenvalue weighted by Crippen LogP contribution is 2.13. The lowest BCUT2D eigenvalue weighted by molar-refractivity contribution is 0.0697. The maximum atomic E-state index is 10.7. The first-order valence-corrected chi connectivity index (χ1v) is 4.52. The highest BCUT2D eigenvalue weighted by atomic mass is 16.4. The molecule has 0 fully saturated rings. The molecule has 1 aromatic rings. The molecule has 0 aliphatic heterocycles. The maximum Gasteiger partial charge on any atom is 0.335 e. The van der Waals surface area contributed by atoms with Crippen molar-refractivity contribution >= 4 is 12.0 Å². The number of hydrogen-bond acceptors (Lipinski definition) is 2. The Morgan fingerprint density at radius 2 is 2.33 bits per heavy atom. The van der Waals surface area contributed by atoms with Gasteiger partial charge in [-0.05, 0) is 30.2 Å². The molecule has 0 bridgehead atoms. The number of benzene rings is 1. The van der Waals surface area contributed by atoms with Gasteiger partial charge in [0.1, 0.15) is 0 Å². The normalized spacial score (nSPS) is 10.1. The molecule has 0 atom stereocenters. The lowest BCUT2D eigenvalue weighted by atomic mass is 10.0. The van der Waals surface area contributed by atoms with E-state index in [1.807, 2.05) is 13.0 Å². The van der Waals surface area contributed by atoms with Crippen molar-refractivity contribution in [1.29, 1.82) is 5.26 Å². The fourth-order valence-corrected chi connectivity index (χ4v) is 1.19. The zero-order chi connectivity index (χ0) is 11.3. The van der Waals surface area contributed by atoms with Crippen LogP contribution in [0.2, 0.25) is 0 Å². The lowest BCUT2D eigenvalue weighted by Crippen LogP contribution is -1.96. The van der Waals surface area contributed by atoms with E-state index in [0.29, 0.717) is 6.42 Å². The molecule has 0 aliphatic carbocycles. The van der Waals surface area contributed by atoms with Gasteiger partial charge in [-0.2, -0.15) is 5.26 Å². The Balaban J connectivity index is 3.01. The molecule has 1 aromatic carbocycles. The van der Waals surface area contributed by atoms with Crippen molar-refractivity contribution in [2.24, 2.45) is 0 Å². The van der Waals surface area contributed by atoms with Crippen LogP contribution < -0.4 is 0 Å². The zero-order valence-corrected chi connectivity index (χ0v) is 8.40. The Hall–Kier alpha value is -2.08. The van der Waals surface area contributed by atoms with E-state index in [0.717, 1.165) is 11.1 Å². The Bertz CT molecular complexity index is 441. The smallest absolute Gasteiger partial charge is 0.335 e. The van der Waals surface area contributed by atoms with Gasteiger partial charge in [0.05, 0.1) is 18.1 Å². The third-order valence-corrected chi connectivity index (χ3v) is 2.03. The second-order valence-electron chi connectivity index (χ2n) is 3.14. The molecule has 0 saturated carbocycles. The average Bonchev–Trinajstić information content (AvgIpc) is 2.20. The summed E-state index contributed by atoms with van der Waals surface area (Å²) < 4.78 is 0. The van der Waals surface area contributed by atoms with Crippen molar-refractivity contribution in [2.45, 2.75) is 13.3 Å². The van der Waals surface area contributed by atoms with Gasteiger partial charge in [0.25, 0.3) is 0 Å². The van der Waals surface area contributed by atoms with E-state index >= 15 is 0 Å². The summed E-state index contributed by atoms with van der Waals surface area (Å²) in [6.07, 6.45) is 3.82. The van der Waals surface area contributed by atoms with Crippen molar-refractivity contribution in [3.8, 4) is 6.07 Å². The second kappa shape index (κ2) is 4.97. The summed E-state index contributed by atoms with van der Waals surface area (Å²) in [4.78, 5) is 10.7. The fourth-order valence-electron chi connectivity index (χ4n) is 1.19. The quantitative estimate of drug-likeness (QED) is 0.817. The van der Waals surface area contributed by atoms with E-state index in [4.69, 9.17) is 10.4 Å². The Labute approximate surface area is 88.3 Å². The number of nitrogens with zero attached hydrogens (tertiary/aromatic N) is 1. The Kier molecular flexibility index (Phi) is 3.64. The summed E-state index contributed by atoms with van der Waals surface area (Å²) in [5.41, 5.74) is 2.09. The third kappa shape index (κ3) is 2.96. The van der Waals surface area contributed by atoms with Gasteiger partial charge in [-0.25, -0.2) is 4.79 Å². The topological polar surface area (TPSA) is 61.1 Å². The van der Waals surface area contributed by atoms with Crippen LogP contribution in [-0.2, 0) is 0 Å². The minimum atomic E-state index is -0.940. The number of rotatable bonds is 3. The van der Waals surface area contributed by atoms with E-state index in [9.17, 15) is 4.79 Å². The summed E-state index contributed by atoms with van der Waals surface area (Å²) in [6, 6.07) is 6.92. The van der Waals surface area contributed by atoms with Crippen LogP contribution in [0.3, 0.4) is 0 Å². The van der Waals surface area contributed by atoms with Crippen LogP contribution in [0.5, 0.6) is 0 Å². The van der Waals surface area contributed by atoms with Crippen LogP contribution >= 0.6 is 0 Å². The first kappa shape index (κ1) is 11.0. The second-order valence-corrected chi connectivity index (χ2v) is 3.14. The van der Waals surface area contributed by atoms with Crippen molar-refractivity contribution in [3.05, 3.63) is 41.0 Å². The van der Waals surface area contributed by atoms with Gasteiger partial charge in [0.2, 0.25) is 0 Å². The number of carboxylic acid groups (broad SMARTS) is 1. The van der Waals surface area contributed by atoms with Crippen LogP contribution in [-0.4, -0.2) is 11.1 Å². The molecule has 0 spiro atoms. The maximum absolute atomic E-state index is 10.7.